The summed E-state index contributed by atoms with van der Waals surface area (Å²) in [7, 11) is 1.47. The molecule has 6 nitrogen and oxygen atoms in total. The van der Waals surface area contributed by atoms with Gasteiger partial charge in [0, 0.05) is 6.54 Å². The van der Waals surface area contributed by atoms with Gasteiger partial charge < -0.3 is 19.5 Å². The smallest absolute Gasteiger partial charge is 0.338 e. The van der Waals surface area contributed by atoms with Gasteiger partial charge in [-0.2, -0.15) is 0 Å². The van der Waals surface area contributed by atoms with Gasteiger partial charge in [-0.25, -0.2) is 9.18 Å². The number of benzene rings is 2. The number of nitrogens with one attached hydrogen (secondary N) is 1. The fourth-order valence-corrected chi connectivity index (χ4v) is 2.37. The lowest BCUT2D eigenvalue weighted by atomic mass is 10.1. The Hall–Kier alpha value is -3.09. The van der Waals surface area contributed by atoms with E-state index in [1.54, 1.807) is 24.3 Å². The molecule has 2 aromatic carbocycles. The van der Waals surface area contributed by atoms with Crippen molar-refractivity contribution in [1.29, 1.82) is 0 Å². The van der Waals surface area contributed by atoms with Crippen LogP contribution < -0.4 is 14.8 Å². The molecule has 144 valence electrons. The van der Waals surface area contributed by atoms with Crippen LogP contribution in [0.2, 0.25) is 0 Å². The molecule has 0 saturated heterocycles. The molecule has 1 amide bonds. The highest BCUT2D eigenvalue weighted by molar-refractivity contribution is 5.92. The van der Waals surface area contributed by atoms with E-state index in [1.165, 1.54) is 25.3 Å². The van der Waals surface area contributed by atoms with E-state index >= 15 is 0 Å². The number of esters is 1. The van der Waals surface area contributed by atoms with Crippen LogP contribution in [0.1, 0.15) is 22.8 Å². The van der Waals surface area contributed by atoms with E-state index in [0.29, 0.717) is 30.1 Å². The molecule has 0 aliphatic rings. The molecule has 1 N–H and O–H groups in total. The summed E-state index contributed by atoms with van der Waals surface area (Å²) in [5.41, 5.74) is 0.755. The molecular weight excluding hydrogens is 353 g/mol. The molecule has 0 aromatic heterocycles. The number of carbonyl (C=O) groups is 2. The molecular formula is C20H22FNO5. The lowest BCUT2D eigenvalue weighted by Gasteiger charge is -2.11. The highest BCUT2D eigenvalue weighted by Gasteiger charge is 2.14. The van der Waals surface area contributed by atoms with Crippen molar-refractivity contribution in [3.8, 4) is 11.5 Å². The maximum absolute atomic E-state index is 13.5. The minimum absolute atomic E-state index is 0.244. The summed E-state index contributed by atoms with van der Waals surface area (Å²) < 4.78 is 29.0. The molecule has 0 radical (unpaired) electrons. The highest BCUT2D eigenvalue weighted by Crippen LogP contribution is 2.28. The van der Waals surface area contributed by atoms with E-state index < -0.39 is 18.5 Å². The van der Waals surface area contributed by atoms with Gasteiger partial charge in [0.15, 0.2) is 18.1 Å². The first-order valence-corrected chi connectivity index (χ1v) is 8.53. The number of carbonyl (C=O) groups excluding carboxylic acids is 2. The Labute approximate surface area is 157 Å². The maximum Gasteiger partial charge on any atom is 0.338 e. The molecule has 27 heavy (non-hydrogen) atoms. The number of hydrogen-bond acceptors (Lipinski definition) is 5. The second-order valence-electron chi connectivity index (χ2n) is 5.57. The number of methoxy groups -OCH3 is 1. The summed E-state index contributed by atoms with van der Waals surface area (Å²) in [6, 6.07) is 11.0. The molecule has 0 spiro atoms. The molecule has 0 saturated carbocycles. The second-order valence-corrected chi connectivity index (χ2v) is 5.57. The fourth-order valence-electron chi connectivity index (χ4n) is 2.37. The van der Waals surface area contributed by atoms with E-state index in [1.807, 2.05) is 6.92 Å². The minimum Gasteiger partial charge on any atom is -0.493 e. The Balaban J connectivity index is 1.80. The summed E-state index contributed by atoms with van der Waals surface area (Å²) in [6.45, 7) is 2.12. The topological polar surface area (TPSA) is 73.9 Å². The number of rotatable bonds is 9. The van der Waals surface area contributed by atoms with Gasteiger partial charge in [0.1, 0.15) is 5.82 Å². The molecule has 0 fully saturated rings. The zero-order chi connectivity index (χ0) is 19.6. The Kier molecular flexibility index (Phi) is 7.61. The predicted octanol–water partition coefficient (Wildman–Crippen LogP) is 2.75. The number of halogens is 1. The molecule has 2 aromatic rings. The van der Waals surface area contributed by atoms with Gasteiger partial charge in [-0.1, -0.05) is 18.2 Å². The van der Waals surface area contributed by atoms with Crippen molar-refractivity contribution in [2.45, 2.75) is 13.3 Å². The van der Waals surface area contributed by atoms with Crippen LogP contribution in [0.15, 0.2) is 42.5 Å². The number of hydrogen-bond donors (Lipinski definition) is 1. The normalized spacial score (nSPS) is 10.2. The summed E-state index contributed by atoms with van der Waals surface area (Å²) in [5, 5.41) is 2.59. The van der Waals surface area contributed by atoms with Crippen molar-refractivity contribution >= 4 is 11.9 Å². The SMILES string of the molecule is CCOc1ccc(C(=O)OCC(=O)NCCc2ccccc2F)cc1OC. The number of amides is 1. The molecule has 2 rings (SSSR count). The van der Waals surface area contributed by atoms with Crippen molar-refractivity contribution in [2.24, 2.45) is 0 Å². The first-order valence-electron chi connectivity index (χ1n) is 8.53. The Bertz CT molecular complexity index is 794. The molecule has 0 bridgehead atoms. The van der Waals surface area contributed by atoms with Crippen LogP contribution in [0, 0.1) is 5.82 Å². The molecule has 7 heteroatoms. The van der Waals surface area contributed by atoms with Crippen molar-refractivity contribution in [3.05, 3.63) is 59.4 Å². The standard InChI is InChI=1S/C20H22FNO5/c1-3-26-17-9-8-15(12-18(17)25-2)20(24)27-13-19(23)22-11-10-14-6-4-5-7-16(14)21/h4-9,12H,3,10-11,13H2,1-2H3,(H,22,23). The summed E-state index contributed by atoms with van der Waals surface area (Å²) in [5.74, 6) is -0.510. The quantitative estimate of drug-likeness (QED) is 0.682. The molecule has 0 unspecified atom stereocenters. The third-order valence-electron chi connectivity index (χ3n) is 3.71. The van der Waals surface area contributed by atoms with Gasteiger partial charge in [-0.15, -0.1) is 0 Å². The summed E-state index contributed by atoms with van der Waals surface area (Å²) >= 11 is 0. The molecule has 0 atom stereocenters. The third kappa shape index (κ3) is 5.99. The van der Waals surface area contributed by atoms with Crippen LogP contribution in [0.4, 0.5) is 4.39 Å². The minimum atomic E-state index is -0.652. The third-order valence-corrected chi connectivity index (χ3v) is 3.71. The monoisotopic (exact) mass is 375 g/mol. The van der Waals surface area contributed by atoms with Crippen LogP contribution >= 0.6 is 0 Å². The van der Waals surface area contributed by atoms with Crippen LogP contribution in [-0.4, -0.2) is 38.7 Å². The largest absolute Gasteiger partial charge is 0.493 e. The summed E-state index contributed by atoms with van der Waals surface area (Å²) in [6.07, 6.45) is 0.350. The zero-order valence-corrected chi connectivity index (χ0v) is 15.3. The average molecular weight is 375 g/mol. The predicted molar refractivity (Wildman–Crippen MR) is 97.6 cm³/mol. The van der Waals surface area contributed by atoms with Crippen molar-refractivity contribution in [1.82, 2.24) is 5.32 Å². The van der Waals surface area contributed by atoms with Crippen molar-refractivity contribution in [3.63, 3.8) is 0 Å². The van der Waals surface area contributed by atoms with Gasteiger partial charge in [0.25, 0.3) is 5.91 Å². The van der Waals surface area contributed by atoms with Crippen molar-refractivity contribution in [2.75, 3.05) is 26.9 Å². The van der Waals surface area contributed by atoms with Crippen LogP contribution in [0.25, 0.3) is 0 Å². The van der Waals surface area contributed by atoms with Gasteiger partial charge in [-0.05, 0) is 43.2 Å². The maximum atomic E-state index is 13.5. The van der Waals surface area contributed by atoms with Crippen LogP contribution in [0.3, 0.4) is 0 Å². The van der Waals surface area contributed by atoms with Crippen molar-refractivity contribution < 1.29 is 28.2 Å². The molecule has 0 aliphatic carbocycles. The highest BCUT2D eigenvalue weighted by atomic mass is 19.1. The first-order chi connectivity index (χ1) is 13.0. The Morgan fingerprint density at radius 3 is 2.59 bits per heavy atom. The van der Waals surface area contributed by atoms with Crippen LogP contribution in [-0.2, 0) is 16.0 Å². The zero-order valence-electron chi connectivity index (χ0n) is 15.3. The van der Waals surface area contributed by atoms with E-state index in [9.17, 15) is 14.0 Å². The lowest BCUT2D eigenvalue weighted by Crippen LogP contribution is -2.30. The molecule has 0 aliphatic heterocycles. The van der Waals surface area contributed by atoms with Gasteiger partial charge in [0.2, 0.25) is 0 Å². The van der Waals surface area contributed by atoms with E-state index in [0.717, 1.165) is 0 Å². The van der Waals surface area contributed by atoms with Gasteiger partial charge in [0.05, 0.1) is 19.3 Å². The van der Waals surface area contributed by atoms with E-state index in [2.05, 4.69) is 5.32 Å². The van der Waals surface area contributed by atoms with E-state index in [-0.39, 0.29) is 17.9 Å². The Morgan fingerprint density at radius 2 is 1.89 bits per heavy atom. The Morgan fingerprint density at radius 1 is 1.11 bits per heavy atom. The van der Waals surface area contributed by atoms with Gasteiger partial charge >= 0.3 is 5.97 Å². The lowest BCUT2D eigenvalue weighted by molar-refractivity contribution is -0.124. The summed E-state index contributed by atoms with van der Waals surface area (Å²) in [4.78, 5) is 23.9. The molecule has 0 heterocycles. The van der Waals surface area contributed by atoms with E-state index in [4.69, 9.17) is 14.2 Å². The second kappa shape index (κ2) is 10.2. The fraction of sp³-hybridized carbons (Fsp3) is 0.300. The average Bonchev–Trinajstić information content (AvgIpc) is 2.68. The first kappa shape index (κ1) is 20.2. The van der Waals surface area contributed by atoms with Crippen LogP contribution in [0.5, 0.6) is 11.5 Å². The number of ether oxygens (including phenoxy) is 3. The van der Waals surface area contributed by atoms with Gasteiger partial charge in [-0.3, -0.25) is 4.79 Å².